The van der Waals surface area contributed by atoms with Crippen LogP contribution in [-0.2, 0) is 6.42 Å². The van der Waals surface area contributed by atoms with Gasteiger partial charge in [0.15, 0.2) is 5.65 Å². The first kappa shape index (κ1) is 25.5. The number of aromatic nitrogens is 3. The molecule has 1 unspecified atom stereocenters. The van der Waals surface area contributed by atoms with Crippen molar-refractivity contribution in [1.82, 2.24) is 24.8 Å². The van der Waals surface area contributed by atoms with E-state index >= 15 is 4.39 Å². The summed E-state index contributed by atoms with van der Waals surface area (Å²) in [7, 11) is 0. The highest BCUT2D eigenvalue weighted by molar-refractivity contribution is 5.93. The lowest BCUT2D eigenvalue weighted by Crippen LogP contribution is -2.39. The van der Waals surface area contributed by atoms with Crippen LogP contribution in [-0.4, -0.2) is 62.3 Å². The van der Waals surface area contributed by atoms with Crippen LogP contribution in [0.25, 0.3) is 16.9 Å². The van der Waals surface area contributed by atoms with E-state index in [4.69, 9.17) is 15.2 Å². The van der Waals surface area contributed by atoms with Crippen LogP contribution in [0.1, 0.15) is 65.5 Å². The molecule has 0 bridgehead atoms. The number of rotatable bonds is 5. The summed E-state index contributed by atoms with van der Waals surface area (Å²) in [6, 6.07) is 16.7. The minimum Gasteiger partial charge on any atom is -0.465 e. The van der Waals surface area contributed by atoms with E-state index in [1.54, 1.807) is 16.6 Å². The van der Waals surface area contributed by atoms with E-state index in [0.29, 0.717) is 60.3 Å². The van der Waals surface area contributed by atoms with Gasteiger partial charge in [-0.1, -0.05) is 24.3 Å². The van der Waals surface area contributed by atoms with Gasteiger partial charge in [-0.15, -0.1) is 0 Å². The summed E-state index contributed by atoms with van der Waals surface area (Å²) >= 11 is 0. The summed E-state index contributed by atoms with van der Waals surface area (Å²) in [5.74, 6) is -0.212. The molecule has 1 saturated carbocycles. The monoisotopic (exact) mass is 554 g/mol. The third-order valence-corrected chi connectivity index (χ3v) is 8.63. The molecule has 7 rings (SSSR count). The van der Waals surface area contributed by atoms with Gasteiger partial charge in [0, 0.05) is 48.6 Å². The topological polar surface area (TPSA) is 103 Å². The number of carbonyl (C=O) groups excluding carboxylic acids is 1. The van der Waals surface area contributed by atoms with Crippen LogP contribution in [0.15, 0.2) is 54.6 Å². The Bertz CT molecular complexity index is 1680. The van der Waals surface area contributed by atoms with Gasteiger partial charge in [-0.25, -0.2) is 18.7 Å². The Kier molecular flexibility index (Phi) is 6.13. The Labute approximate surface area is 236 Å². The van der Waals surface area contributed by atoms with Crippen LogP contribution in [0.4, 0.5) is 14.9 Å². The van der Waals surface area contributed by atoms with Crippen molar-refractivity contribution in [2.24, 2.45) is 0 Å². The molecule has 2 aliphatic heterocycles. The molecule has 0 spiro atoms. The highest BCUT2D eigenvalue weighted by Gasteiger charge is 2.33. The zero-order valence-electron chi connectivity index (χ0n) is 22.8. The number of carbonyl (C=O) groups is 2. The van der Waals surface area contributed by atoms with Gasteiger partial charge >= 0.3 is 6.09 Å². The molecule has 4 aromatic rings. The van der Waals surface area contributed by atoms with E-state index < -0.39 is 11.9 Å². The Hall–Kier alpha value is -4.47. The number of benzene rings is 2. The number of halogens is 1. The largest absolute Gasteiger partial charge is 0.465 e. The molecule has 10 heteroatoms. The number of nitrogens with zero attached hydrogens (tertiary/aromatic N) is 5. The minimum atomic E-state index is -1.05. The number of anilines is 1. The van der Waals surface area contributed by atoms with Crippen LogP contribution >= 0.6 is 0 Å². The lowest BCUT2D eigenvalue weighted by molar-refractivity contribution is 0.0671. The maximum Gasteiger partial charge on any atom is 0.404 e. The summed E-state index contributed by atoms with van der Waals surface area (Å²) in [5.41, 5.74) is 5.82. The summed E-state index contributed by atoms with van der Waals surface area (Å²) < 4.78 is 17.2. The van der Waals surface area contributed by atoms with Gasteiger partial charge in [0.1, 0.15) is 11.5 Å². The van der Waals surface area contributed by atoms with Gasteiger partial charge in [-0.3, -0.25) is 4.79 Å². The normalized spacial score (nSPS) is 20.3. The number of fused-ring (bicyclic) bond motifs is 2. The van der Waals surface area contributed by atoms with Gasteiger partial charge in [0.25, 0.3) is 5.91 Å². The van der Waals surface area contributed by atoms with Crippen molar-refractivity contribution in [3.05, 3.63) is 82.9 Å². The second-order valence-electron chi connectivity index (χ2n) is 11.3. The summed E-state index contributed by atoms with van der Waals surface area (Å²) in [5, 5.41) is 16.2. The van der Waals surface area contributed by atoms with Crippen molar-refractivity contribution < 1.29 is 19.1 Å². The second kappa shape index (κ2) is 9.87. The number of hydrogen-bond acceptors (Lipinski definition) is 5. The number of amides is 2. The predicted molar refractivity (Wildman–Crippen MR) is 152 cm³/mol. The van der Waals surface area contributed by atoms with Crippen LogP contribution in [0.5, 0.6) is 0 Å². The minimum absolute atomic E-state index is 0.0475. The standard InChI is InChI=1S/C31H31FN6O3/c1-18-23-5-3-2-4-19(23)10-13-37(18)30(39)27-15-28(20-6-7-20)38-29(34-27)16-26(35-38)24-9-8-22(14-25(24)32)36-12-11-21(17-36)33-31(40)41/h2-5,8-9,14-16,18,20-21,33H,6-7,10-13,17H2,1H3,(H,40,41)/t18-,21?/m1/s1. The molecule has 1 saturated heterocycles. The molecule has 2 aromatic heterocycles. The first-order chi connectivity index (χ1) is 19.9. The van der Waals surface area contributed by atoms with Crippen molar-refractivity contribution in [3.8, 4) is 11.3 Å². The van der Waals surface area contributed by atoms with E-state index in [-0.39, 0.29) is 18.0 Å². The van der Waals surface area contributed by atoms with Crippen LogP contribution < -0.4 is 10.2 Å². The van der Waals surface area contributed by atoms with Crippen molar-refractivity contribution >= 4 is 23.3 Å². The zero-order valence-corrected chi connectivity index (χ0v) is 22.8. The Balaban J connectivity index is 1.18. The Morgan fingerprint density at radius 2 is 1.88 bits per heavy atom. The molecular formula is C31H31FN6O3. The van der Waals surface area contributed by atoms with E-state index in [2.05, 4.69) is 24.4 Å². The molecule has 0 radical (unpaired) electrons. The first-order valence-corrected chi connectivity index (χ1v) is 14.2. The maximum atomic E-state index is 15.4. The molecule has 2 atom stereocenters. The molecule has 2 N–H and O–H groups in total. The molecule has 4 heterocycles. The molecule has 1 aliphatic carbocycles. The number of nitrogens with one attached hydrogen (secondary N) is 1. The highest BCUT2D eigenvalue weighted by Crippen LogP contribution is 2.41. The lowest BCUT2D eigenvalue weighted by atomic mass is 9.93. The molecule has 2 aromatic carbocycles. The van der Waals surface area contributed by atoms with Crippen LogP contribution in [0.3, 0.4) is 0 Å². The van der Waals surface area contributed by atoms with Crippen LogP contribution in [0.2, 0.25) is 0 Å². The van der Waals surface area contributed by atoms with Gasteiger partial charge < -0.3 is 20.2 Å². The summed E-state index contributed by atoms with van der Waals surface area (Å²) in [6.07, 6.45) is 2.47. The number of hydrogen-bond donors (Lipinski definition) is 2. The van der Waals surface area contributed by atoms with Gasteiger partial charge in [-0.05, 0) is 68.0 Å². The quantitative estimate of drug-likeness (QED) is 0.359. The SMILES string of the molecule is C[C@@H]1c2ccccc2CCN1C(=O)c1cc(C2CC2)n2nc(-c3ccc(N4CCC(NC(=O)O)C4)cc3F)cc2n1. The molecule has 2 amide bonds. The molecular weight excluding hydrogens is 523 g/mol. The fourth-order valence-electron chi connectivity index (χ4n) is 6.30. The fraction of sp³-hybridized carbons (Fsp3) is 0.355. The predicted octanol–water partition coefficient (Wildman–Crippen LogP) is 5.02. The molecule has 210 valence electrons. The van der Waals surface area contributed by atoms with Gasteiger partial charge in [0.2, 0.25) is 0 Å². The molecule has 9 nitrogen and oxygen atoms in total. The number of carboxylic acid groups (broad SMARTS) is 1. The van der Waals surface area contributed by atoms with E-state index in [1.807, 2.05) is 34.1 Å². The van der Waals surface area contributed by atoms with Crippen molar-refractivity contribution in [1.29, 1.82) is 0 Å². The molecule has 2 fully saturated rings. The maximum absolute atomic E-state index is 15.4. The summed E-state index contributed by atoms with van der Waals surface area (Å²) in [4.78, 5) is 33.3. The average Bonchev–Trinajstić information content (AvgIpc) is 3.55. The van der Waals surface area contributed by atoms with Crippen molar-refractivity contribution in [3.63, 3.8) is 0 Å². The van der Waals surface area contributed by atoms with Crippen molar-refractivity contribution in [2.45, 2.75) is 50.6 Å². The van der Waals surface area contributed by atoms with Gasteiger partial charge in [-0.2, -0.15) is 5.10 Å². The zero-order chi connectivity index (χ0) is 28.2. The molecule has 3 aliphatic rings. The first-order valence-electron chi connectivity index (χ1n) is 14.2. The van der Waals surface area contributed by atoms with Gasteiger partial charge in [0.05, 0.1) is 17.8 Å². The Morgan fingerprint density at radius 1 is 1.05 bits per heavy atom. The summed E-state index contributed by atoms with van der Waals surface area (Å²) in [6.45, 7) is 3.83. The lowest BCUT2D eigenvalue weighted by Gasteiger charge is -2.35. The third kappa shape index (κ3) is 4.67. The molecule has 41 heavy (non-hydrogen) atoms. The fourth-order valence-corrected chi connectivity index (χ4v) is 6.30. The second-order valence-corrected chi connectivity index (χ2v) is 11.3. The highest BCUT2D eigenvalue weighted by atomic mass is 19.1. The van der Waals surface area contributed by atoms with Crippen molar-refractivity contribution in [2.75, 3.05) is 24.5 Å². The average molecular weight is 555 g/mol. The smallest absolute Gasteiger partial charge is 0.404 e. The Morgan fingerprint density at radius 3 is 2.66 bits per heavy atom. The van der Waals surface area contributed by atoms with Crippen LogP contribution in [0, 0.1) is 5.82 Å². The third-order valence-electron chi connectivity index (χ3n) is 8.63. The van der Waals surface area contributed by atoms with E-state index in [9.17, 15) is 9.59 Å². The van der Waals surface area contributed by atoms with E-state index in [1.165, 1.54) is 17.2 Å². The van der Waals surface area contributed by atoms with E-state index in [0.717, 1.165) is 25.0 Å².